The van der Waals surface area contributed by atoms with Crippen LogP contribution in [0.15, 0.2) is 18.2 Å². The van der Waals surface area contributed by atoms with E-state index in [0.717, 1.165) is 0 Å². The average Bonchev–Trinajstić information content (AvgIpc) is 2.33. The fourth-order valence-electron chi connectivity index (χ4n) is 1.46. The summed E-state index contributed by atoms with van der Waals surface area (Å²) in [4.78, 5) is 12.0. The molecule has 0 heterocycles. The van der Waals surface area contributed by atoms with Crippen LogP contribution in [-0.2, 0) is 0 Å². The molecule has 0 radical (unpaired) electrons. The molecule has 1 amide bonds. The van der Waals surface area contributed by atoms with Crippen LogP contribution in [0.25, 0.3) is 0 Å². The molecule has 0 unspecified atom stereocenters. The second kappa shape index (κ2) is 5.73. The Morgan fingerprint density at radius 2 is 2.00 bits per heavy atom. The van der Waals surface area contributed by atoms with Crippen molar-refractivity contribution < 1.29 is 19.4 Å². The Morgan fingerprint density at radius 1 is 1.33 bits per heavy atom. The fraction of sp³-hybridized carbons (Fsp3) is 0.462. The van der Waals surface area contributed by atoms with Crippen LogP contribution in [0.4, 0.5) is 0 Å². The molecule has 2 N–H and O–H groups in total. The number of benzene rings is 1. The Kier molecular flexibility index (Phi) is 4.55. The first-order valence-corrected chi connectivity index (χ1v) is 5.60. The minimum Gasteiger partial charge on any atom is -0.493 e. The van der Waals surface area contributed by atoms with Gasteiger partial charge in [-0.05, 0) is 26.0 Å². The minimum absolute atomic E-state index is 0.159. The number of para-hydroxylation sites is 1. The first kappa shape index (κ1) is 14.3. The van der Waals surface area contributed by atoms with E-state index >= 15 is 0 Å². The van der Waals surface area contributed by atoms with Gasteiger partial charge in [0.15, 0.2) is 11.5 Å². The lowest BCUT2D eigenvalue weighted by molar-refractivity contribution is 0.0692. The van der Waals surface area contributed by atoms with E-state index in [4.69, 9.17) is 9.47 Å². The molecule has 0 atom stereocenters. The van der Waals surface area contributed by atoms with Crippen molar-refractivity contribution in [3.05, 3.63) is 23.8 Å². The summed E-state index contributed by atoms with van der Waals surface area (Å²) in [5, 5.41) is 12.2. The van der Waals surface area contributed by atoms with Crippen LogP contribution in [0.2, 0.25) is 0 Å². The maximum Gasteiger partial charge on any atom is 0.255 e. The van der Waals surface area contributed by atoms with Gasteiger partial charge in [0.1, 0.15) is 0 Å². The van der Waals surface area contributed by atoms with Crippen molar-refractivity contribution in [2.45, 2.75) is 19.4 Å². The van der Waals surface area contributed by atoms with Crippen molar-refractivity contribution >= 4 is 5.91 Å². The van der Waals surface area contributed by atoms with E-state index in [9.17, 15) is 9.90 Å². The van der Waals surface area contributed by atoms with Gasteiger partial charge in [-0.15, -0.1) is 0 Å². The van der Waals surface area contributed by atoms with Gasteiger partial charge < -0.3 is 19.9 Å². The van der Waals surface area contributed by atoms with E-state index in [0.29, 0.717) is 17.1 Å². The zero-order valence-corrected chi connectivity index (χ0v) is 11.1. The van der Waals surface area contributed by atoms with Gasteiger partial charge in [0.25, 0.3) is 5.91 Å². The molecule has 0 bridgehead atoms. The van der Waals surface area contributed by atoms with Crippen LogP contribution in [-0.4, -0.2) is 37.4 Å². The zero-order chi connectivity index (χ0) is 13.8. The first-order chi connectivity index (χ1) is 8.39. The molecule has 0 aliphatic carbocycles. The Hall–Kier alpha value is -1.75. The maximum absolute atomic E-state index is 12.0. The molecule has 1 aromatic carbocycles. The van der Waals surface area contributed by atoms with Gasteiger partial charge in [-0.2, -0.15) is 0 Å². The summed E-state index contributed by atoms with van der Waals surface area (Å²) in [6, 6.07) is 5.06. The molecular formula is C13H19NO4. The van der Waals surface area contributed by atoms with Crippen LogP contribution in [0.3, 0.4) is 0 Å². The lowest BCUT2D eigenvalue weighted by Crippen LogP contribution is -2.38. The van der Waals surface area contributed by atoms with Gasteiger partial charge in [-0.25, -0.2) is 0 Å². The van der Waals surface area contributed by atoms with Crippen molar-refractivity contribution in [3.63, 3.8) is 0 Å². The van der Waals surface area contributed by atoms with Crippen molar-refractivity contribution in [1.29, 1.82) is 0 Å². The molecule has 0 saturated heterocycles. The van der Waals surface area contributed by atoms with Crippen LogP contribution < -0.4 is 14.8 Å². The maximum atomic E-state index is 12.0. The van der Waals surface area contributed by atoms with E-state index in [1.807, 2.05) is 0 Å². The molecule has 100 valence electrons. The van der Waals surface area contributed by atoms with Crippen molar-refractivity contribution in [2.24, 2.45) is 0 Å². The summed E-state index contributed by atoms with van der Waals surface area (Å²) in [6.07, 6.45) is 0. The van der Waals surface area contributed by atoms with E-state index in [2.05, 4.69) is 5.32 Å². The summed E-state index contributed by atoms with van der Waals surface area (Å²) >= 11 is 0. The number of aliphatic hydroxyl groups is 1. The molecule has 5 nitrogen and oxygen atoms in total. The third kappa shape index (κ3) is 3.63. The van der Waals surface area contributed by atoms with E-state index < -0.39 is 5.60 Å². The average molecular weight is 253 g/mol. The van der Waals surface area contributed by atoms with E-state index in [1.165, 1.54) is 14.2 Å². The normalized spacial score (nSPS) is 10.9. The molecule has 0 saturated carbocycles. The monoisotopic (exact) mass is 253 g/mol. The molecule has 5 heteroatoms. The van der Waals surface area contributed by atoms with E-state index in [-0.39, 0.29) is 12.5 Å². The molecule has 1 aromatic rings. The molecule has 18 heavy (non-hydrogen) atoms. The third-order valence-corrected chi connectivity index (χ3v) is 2.33. The van der Waals surface area contributed by atoms with Crippen molar-refractivity contribution in [2.75, 3.05) is 20.8 Å². The zero-order valence-electron chi connectivity index (χ0n) is 11.1. The molecule has 0 aromatic heterocycles. The summed E-state index contributed by atoms with van der Waals surface area (Å²) in [7, 11) is 2.99. The number of amides is 1. The molecule has 0 spiro atoms. The van der Waals surface area contributed by atoms with Gasteiger partial charge in [0.2, 0.25) is 0 Å². The minimum atomic E-state index is -0.957. The van der Waals surface area contributed by atoms with Gasteiger partial charge >= 0.3 is 0 Å². The molecule has 0 fully saturated rings. The lowest BCUT2D eigenvalue weighted by Gasteiger charge is -2.18. The number of carbonyl (C=O) groups excluding carboxylic acids is 1. The second-order valence-electron chi connectivity index (χ2n) is 4.54. The number of nitrogens with one attached hydrogen (secondary N) is 1. The predicted molar refractivity (Wildman–Crippen MR) is 68.2 cm³/mol. The van der Waals surface area contributed by atoms with Crippen LogP contribution in [0.1, 0.15) is 24.2 Å². The third-order valence-electron chi connectivity index (χ3n) is 2.33. The number of methoxy groups -OCH3 is 2. The second-order valence-corrected chi connectivity index (χ2v) is 4.54. The molecule has 0 aliphatic heterocycles. The quantitative estimate of drug-likeness (QED) is 0.827. The van der Waals surface area contributed by atoms with Crippen LogP contribution in [0.5, 0.6) is 11.5 Å². The van der Waals surface area contributed by atoms with Gasteiger partial charge in [0, 0.05) is 6.54 Å². The topological polar surface area (TPSA) is 67.8 Å². The molecular weight excluding hydrogens is 234 g/mol. The summed E-state index contributed by atoms with van der Waals surface area (Å²) in [5.74, 6) is 0.564. The Labute approximate surface area is 107 Å². The van der Waals surface area contributed by atoms with Crippen molar-refractivity contribution in [1.82, 2.24) is 5.32 Å². The van der Waals surface area contributed by atoms with Crippen LogP contribution in [0, 0.1) is 0 Å². The van der Waals surface area contributed by atoms with Gasteiger partial charge in [-0.3, -0.25) is 4.79 Å². The number of rotatable bonds is 5. The number of hydrogen-bond donors (Lipinski definition) is 2. The number of ether oxygens (including phenoxy) is 2. The smallest absolute Gasteiger partial charge is 0.255 e. The Morgan fingerprint density at radius 3 is 2.50 bits per heavy atom. The Bertz CT molecular complexity index is 423. The highest BCUT2D eigenvalue weighted by Gasteiger charge is 2.19. The Balaban J connectivity index is 2.92. The lowest BCUT2D eigenvalue weighted by atomic mass is 10.1. The van der Waals surface area contributed by atoms with Gasteiger partial charge in [0.05, 0.1) is 25.4 Å². The molecule has 0 aliphatic rings. The number of carbonyl (C=O) groups is 1. The SMILES string of the molecule is COc1cccc(C(=O)NCC(C)(C)O)c1OC. The largest absolute Gasteiger partial charge is 0.493 e. The highest BCUT2D eigenvalue weighted by Crippen LogP contribution is 2.30. The molecule has 1 rings (SSSR count). The van der Waals surface area contributed by atoms with Crippen molar-refractivity contribution in [3.8, 4) is 11.5 Å². The first-order valence-electron chi connectivity index (χ1n) is 5.60. The van der Waals surface area contributed by atoms with Crippen LogP contribution >= 0.6 is 0 Å². The highest BCUT2D eigenvalue weighted by molar-refractivity contribution is 5.97. The number of hydrogen-bond acceptors (Lipinski definition) is 4. The standard InChI is InChI=1S/C13H19NO4/c1-13(2,16)8-14-12(15)9-6-5-7-10(17-3)11(9)18-4/h5-7,16H,8H2,1-4H3,(H,14,15). The van der Waals surface area contributed by atoms with Gasteiger partial charge in [-0.1, -0.05) is 6.07 Å². The predicted octanol–water partition coefficient (Wildman–Crippen LogP) is 1.20. The summed E-state index contributed by atoms with van der Waals surface area (Å²) in [5.41, 5.74) is -0.581. The van der Waals surface area contributed by atoms with E-state index in [1.54, 1.807) is 32.0 Å². The summed E-state index contributed by atoms with van der Waals surface area (Å²) < 4.78 is 10.3. The highest BCUT2D eigenvalue weighted by atomic mass is 16.5. The fourth-order valence-corrected chi connectivity index (χ4v) is 1.46. The summed E-state index contributed by atoms with van der Waals surface area (Å²) in [6.45, 7) is 3.40.